The first-order valence-corrected chi connectivity index (χ1v) is 9.19. The van der Waals surface area contributed by atoms with Crippen molar-refractivity contribution in [1.29, 1.82) is 5.41 Å². The molecule has 0 aromatic heterocycles. The van der Waals surface area contributed by atoms with Crippen molar-refractivity contribution in [3.8, 4) is 11.5 Å². The summed E-state index contributed by atoms with van der Waals surface area (Å²) in [5.74, 6) is 0.963. The second-order valence-electron chi connectivity index (χ2n) is 5.25. The van der Waals surface area contributed by atoms with Gasteiger partial charge in [0.1, 0.15) is 11.5 Å². The normalized spacial score (nSPS) is 10.6. The maximum absolute atomic E-state index is 10.5. The van der Waals surface area contributed by atoms with Crippen LogP contribution in [0.2, 0.25) is 0 Å². The van der Waals surface area contributed by atoms with E-state index >= 15 is 0 Å². The molecule has 0 amide bonds. The molecule has 2 aromatic rings. The van der Waals surface area contributed by atoms with Gasteiger partial charge in [-0.25, -0.2) is 10.9 Å². The highest BCUT2D eigenvalue weighted by molar-refractivity contribution is 7.85. The summed E-state index contributed by atoms with van der Waals surface area (Å²) >= 11 is 0. The molecule has 10 nitrogen and oxygen atoms in total. The van der Waals surface area contributed by atoms with Gasteiger partial charge >= 0.3 is 0 Å². The standard InChI is InChI=1S/C10H14N4O3.C7H8O3S/c1-16-8-3-4-9(17-2)7(5-8)6-12-13-10(11)14-15;1-6-2-4-7(5-3-6)11(8,9)10/h3-6,15H,1-2H3,(H3,11,13,14);2-5H,1H3,(H,8,9,10)/b12-6+;. The fraction of sp³-hybridized carbons (Fsp3) is 0.176. The Bertz CT molecular complexity index is 914. The molecule has 28 heavy (non-hydrogen) atoms. The second kappa shape index (κ2) is 10.9. The van der Waals surface area contributed by atoms with E-state index in [1.807, 2.05) is 6.92 Å². The quantitative estimate of drug-likeness (QED) is 0.216. The van der Waals surface area contributed by atoms with Crippen LogP contribution in [0.3, 0.4) is 0 Å². The van der Waals surface area contributed by atoms with Crippen LogP contribution in [0.25, 0.3) is 0 Å². The van der Waals surface area contributed by atoms with Crippen molar-refractivity contribution < 1.29 is 27.7 Å². The number of hydrazone groups is 1. The summed E-state index contributed by atoms with van der Waals surface area (Å²) in [5, 5.41) is 19.1. The lowest BCUT2D eigenvalue weighted by molar-refractivity contribution is 0.228. The molecular weight excluding hydrogens is 388 g/mol. The van der Waals surface area contributed by atoms with Crippen LogP contribution in [0, 0.1) is 12.3 Å². The molecule has 0 saturated carbocycles. The molecule has 2 aromatic carbocycles. The molecule has 5 N–H and O–H groups in total. The van der Waals surface area contributed by atoms with Gasteiger partial charge in [0.05, 0.1) is 25.3 Å². The maximum atomic E-state index is 10.5. The van der Waals surface area contributed by atoms with Crippen LogP contribution in [0.5, 0.6) is 11.5 Å². The molecule has 0 atom stereocenters. The third-order valence-electron chi connectivity index (χ3n) is 3.25. The molecule has 0 radical (unpaired) electrons. The maximum Gasteiger partial charge on any atom is 0.294 e. The van der Waals surface area contributed by atoms with E-state index in [9.17, 15) is 8.42 Å². The summed E-state index contributed by atoms with van der Waals surface area (Å²) in [6.45, 7) is 1.84. The molecule has 2 rings (SSSR count). The summed E-state index contributed by atoms with van der Waals surface area (Å²) in [6, 6.07) is 11.2. The smallest absolute Gasteiger partial charge is 0.294 e. The van der Waals surface area contributed by atoms with Crippen LogP contribution in [0.4, 0.5) is 0 Å². The molecule has 0 fully saturated rings. The van der Waals surface area contributed by atoms with Gasteiger partial charge in [-0.1, -0.05) is 17.7 Å². The average Bonchev–Trinajstić information content (AvgIpc) is 2.67. The number of benzene rings is 2. The Balaban J connectivity index is 0.000000307. The Hall–Kier alpha value is -3.15. The van der Waals surface area contributed by atoms with Crippen LogP contribution in [0.1, 0.15) is 11.1 Å². The zero-order chi connectivity index (χ0) is 21.2. The van der Waals surface area contributed by atoms with Gasteiger partial charge in [0.25, 0.3) is 10.1 Å². The van der Waals surface area contributed by atoms with Crippen LogP contribution >= 0.6 is 0 Å². The third kappa shape index (κ3) is 7.61. The zero-order valence-electron chi connectivity index (χ0n) is 15.5. The second-order valence-corrected chi connectivity index (χ2v) is 6.67. The Morgan fingerprint density at radius 3 is 2.29 bits per heavy atom. The van der Waals surface area contributed by atoms with E-state index in [4.69, 9.17) is 24.6 Å². The number of ether oxygens (including phenoxy) is 2. The monoisotopic (exact) mass is 410 g/mol. The lowest BCUT2D eigenvalue weighted by Gasteiger charge is -2.06. The lowest BCUT2D eigenvalue weighted by atomic mass is 10.2. The fourth-order valence-corrected chi connectivity index (χ4v) is 2.32. The van der Waals surface area contributed by atoms with Crippen molar-refractivity contribution in [3.63, 3.8) is 0 Å². The van der Waals surface area contributed by atoms with E-state index in [1.165, 1.54) is 18.3 Å². The predicted octanol–water partition coefficient (Wildman–Crippen LogP) is 1.78. The summed E-state index contributed by atoms with van der Waals surface area (Å²) < 4.78 is 39.8. The highest BCUT2D eigenvalue weighted by Gasteiger charge is 2.06. The van der Waals surface area contributed by atoms with Gasteiger partial charge in [-0.15, -0.1) is 0 Å². The van der Waals surface area contributed by atoms with Crippen LogP contribution in [-0.2, 0) is 10.1 Å². The van der Waals surface area contributed by atoms with E-state index in [1.54, 1.807) is 50.0 Å². The predicted molar refractivity (Wildman–Crippen MR) is 104 cm³/mol. The fourth-order valence-electron chi connectivity index (χ4n) is 1.84. The van der Waals surface area contributed by atoms with Gasteiger partial charge in [-0.2, -0.15) is 13.5 Å². The number of hydrogen-bond acceptors (Lipinski definition) is 7. The lowest BCUT2D eigenvalue weighted by Crippen LogP contribution is -2.30. The van der Waals surface area contributed by atoms with Crippen molar-refractivity contribution >= 4 is 22.3 Å². The molecule has 0 heterocycles. The number of guanidine groups is 1. The number of nitrogens with zero attached hydrogens (tertiary/aromatic N) is 1. The number of hydroxylamine groups is 1. The summed E-state index contributed by atoms with van der Waals surface area (Å²) in [5.41, 5.74) is 5.51. The van der Waals surface area contributed by atoms with Gasteiger partial charge in [0.15, 0.2) is 0 Å². The van der Waals surface area contributed by atoms with E-state index in [2.05, 4.69) is 10.5 Å². The molecular formula is C17H22N4O6S. The van der Waals surface area contributed by atoms with Crippen molar-refractivity contribution in [2.75, 3.05) is 14.2 Å². The molecule has 0 aliphatic carbocycles. The molecule has 11 heteroatoms. The third-order valence-corrected chi connectivity index (χ3v) is 4.12. The Morgan fingerprint density at radius 2 is 1.79 bits per heavy atom. The molecule has 0 unspecified atom stereocenters. The van der Waals surface area contributed by atoms with Gasteiger partial charge < -0.3 is 9.47 Å². The summed E-state index contributed by atoms with van der Waals surface area (Å²) in [6.07, 6.45) is 1.45. The first-order valence-electron chi connectivity index (χ1n) is 7.75. The van der Waals surface area contributed by atoms with E-state index < -0.39 is 10.1 Å². The minimum Gasteiger partial charge on any atom is -0.497 e. The zero-order valence-corrected chi connectivity index (χ0v) is 16.3. The van der Waals surface area contributed by atoms with Crippen molar-refractivity contribution in [1.82, 2.24) is 10.9 Å². The minimum absolute atomic E-state index is 0.0666. The van der Waals surface area contributed by atoms with Crippen molar-refractivity contribution in [3.05, 3.63) is 53.6 Å². The van der Waals surface area contributed by atoms with Gasteiger partial charge in [-0.3, -0.25) is 15.2 Å². The largest absolute Gasteiger partial charge is 0.497 e. The molecule has 0 aliphatic heterocycles. The number of hydrogen-bond donors (Lipinski definition) is 5. The van der Waals surface area contributed by atoms with E-state index in [0.29, 0.717) is 17.1 Å². The summed E-state index contributed by atoms with van der Waals surface area (Å²) in [7, 11) is -0.912. The SMILES string of the molecule is COc1ccc(OC)c(/C=N/NC(=N)NO)c1.Cc1ccc(S(=O)(=O)O)cc1. The Kier molecular flexibility index (Phi) is 8.88. The van der Waals surface area contributed by atoms with Crippen molar-refractivity contribution in [2.24, 2.45) is 5.10 Å². The number of methoxy groups -OCH3 is 2. The van der Waals surface area contributed by atoms with Gasteiger partial charge in [0, 0.05) is 5.56 Å². The van der Waals surface area contributed by atoms with Gasteiger partial charge in [-0.05, 0) is 37.3 Å². The van der Waals surface area contributed by atoms with E-state index in [-0.39, 0.29) is 10.9 Å². The molecule has 0 aliphatic rings. The Labute approximate surface area is 163 Å². The Morgan fingerprint density at radius 1 is 1.14 bits per heavy atom. The van der Waals surface area contributed by atoms with Crippen LogP contribution in [-0.4, -0.2) is 44.6 Å². The van der Waals surface area contributed by atoms with Crippen LogP contribution in [0.15, 0.2) is 52.5 Å². The van der Waals surface area contributed by atoms with Crippen LogP contribution < -0.4 is 20.4 Å². The van der Waals surface area contributed by atoms with Gasteiger partial charge in [0.2, 0.25) is 5.96 Å². The first-order chi connectivity index (χ1) is 13.2. The number of aryl methyl sites for hydroxylation is 1. The highest BCUT2D eigenvalue weighted by Crippen LogP contribution is 2.22. The molecule has 0 saturated heterocycles. The molecule has 0 bridgehead atoms. The first kappa shape index (κ1) is 22.9. The average molecular weight is 410 g/mol. The summed E-state index contributed by atoms with van der Waals surface area (Å²) in [4.78, 5) is -0.0666. The number of rotatable bonds is 5. The molecule has 0 spiro atoms. The molecule has 152 valence electrons. The number of nitrogens with one attached hydrogen (secondary N) is 3. The minimum atomic E-state index is -4.02. The van der Waals surface area contributed by atoms with Crippen molar-refractivity contribution in [2.45, 2.75) is 11.8 Å². The highest BCUT2D eigenvalue weighted by atomic mass is 32.2. The topological polar surface area (TPSA) is 153 Å². The van der Waals surface area contributed by atoms with E-state index in [0.717, 1.165) is 5.56 Å².